The third kappa shape index (κ3) is 4.73. The topological polar surface area (TPSA) is 58.2 Å². The molecule has 22 heavy (non-hydrogen) atoms. The molecule has 2 amide bonds. The van der Waals surface area contributed by atoms with E-state index in [4.69, 9.17) is 23.2 Å². The van der Waals surface area contributed by atoms with Crippen molar-refractivity contribution in [3.8, 4) is 0 Å². The summed E-state index contributed by atoms with van der Waals surface area (Å²) in [6.45, 7) is 0. The van der Waals surface area contributed by atoms with Crippen LogP contribution in [0.15, 0.2) is 46.9 Å². The molecule has 2 aromatic rings. The molecule has 0 aliphatic heterocycles. The molecular formula is C15H11BrCl2N2O2. The zero-order valence-electron chi connectivity index (χ0n) is 11.2. The van der Waals surface area contributed by atoms with Crippen LogP contribution in [0.1, 0.15) is 15.9 Å². The van der Waals surface area contributed by atoms with Crippen molar-refractivity contribution in [2.24, 2.45) is 0 Å². The summed E-state index contributed by atoms with van der Waals surface area (Å²) >= 11 is 15.0. The number of carbonyl (C=O) groups excluding carboxylic acids is 2. The molecule has 2 N–H and O–H groups in total. The second kappa shape index (κ2) is 7.63. The minimum absolute atomic E-state index is 0.0809. The molecule has 0 radical (unpaired) electrons. The van der Waals surface area contributed by atoms with Crippen LogP contribution in [0, 0.1) is 0 Å². The number of hydrazine groups is 1. The Morgan fingerprint density at radius 1 is 0.955 bits per heavy atom. The summed E-state index contributed by atoms with van der Waals surface area (Å²) in [4.78, 5) is 23.6. The van der Waals surface area contributed by atoms with E-state index >= 15 is 0 Å². The molecule has 0 heterocycles. The van der Waals surface area contributed by atoms with Crippen LogP contribution in [0.3, 0.4) is 0 Å². The Morgan fingerprint density at radius 2 is 1.64 bits per heavy atom. The van der Waals surface area contributed by atoms with Crippen molar-refractivity contribution in [2.75, 3.05) is 0 Å². The average Bonchev–Trinajstić information content (AvgIpc) is 2.49. The molecular weight excluding hydrogens is 391 g/mol. The third-order valence-corrected chi connectivity index (χ3v) is 4.04. The van der Waals surface area contributed by atoms with E-state index in [0.717, 1.165) is 4.47 Å². The molecule has 114 valence electrons. The molecule has 2 rings (SSSR count). The van der Waals surface area contributed by atoms with Gasteiger partial charge in [-0.15, -0.1) is 0 Å². The molecule has 0 spiro atoms. The molecule has 0 aromatic heterocycles. The predicted octanol–water partition coefficient (Wildman–Crippen LogP) is 3.76. The SMILES string of the molecule is O=C(Cc1ccc(Cl)c(Cl)c1)NNC(=O)c1ccc(Br)cc1. The van der Waals surface area contributed by atoms with Crippen molar-refractivity contribution < 1.29 is 9.59 Å². The minimum atomic E-state index is -0.394. The quantitative estimate of drug-likeness (QED) is 0.769. The van der Waals surface area contributed by atoms with E-state index in [1.54, 1.807) is 42.5 Å². The molecule has 0 saturated heterocycles. The molecule has 0 aliphatic carbocycles. The maximum Gasteiger partial charge on any atom is 0.269 e. The van der Waals surface area contributed by atoms with Gasteiger partial charge in [0.15, 0.2) is 0 Å². The van der Waals surface area contributed by atoms with Crippen molar-refractivity contribution >= 4 is 50.9 Å². The number of hydrogen-bond acceptors (Lipinski definition) is 2. The van der Waals surface area contributed by atoms with Crippen LogP contribution in [-0.2, 0) is 11.2 Å². The van der Waals surface area contributed by atoms with E-state index in [0.29, 0.717) is 21.2 Å². The van der Waals surface area contributed by atoms with E-state index in [1.165, 1.54) is 0 Å². The first kappa shape index (κ1) is 16.8. The molecule has 0 saturated carbocycles. The lowest BCUT2D eigenvalue weighted by Gasteiger charge is -2.08. The molecule has 0 unspecified atom stereocenters. The van der Waals surface area contributed by atoms with Gasteiger partial charge >= 0.3 is 0 Å². The van der Waals surface area contributed by atoms with Gasteiger partial charge in [-0.2, -0.15) is 0 Å². The van der Waals surface area contributed by atoms with Gasteiger partial charge in [-0.25, -0.2) is 0 Å². The summed E-state index contributed by atoms with van der Waals surface area (Å²) in [6, 6.07) is 11.7. The summed E-state index contributed by atoms with van der Waals surface area (Å²) in [5.74, 6) is -0.751. The van der Waals surface area contributed by atoms with Gasteiger partial charge in [0.1, 0.15) is 0 Å². The van der Waals surface area contributed by atoms with Crippen LogP contribution >= 0.6 is 39.1 Å². The zero-order valence-corrected chi connectivity index (χ0v) is 14.3. The Labute approximate surface area is 145 Å². The monoisotopic (exact) mass is 400 g/mol. The van der Waals surface area contributed by atoms with Crippen molar-refractivity contribution in [2.45, 2.75) is 6.42 Å². The minimum Gasteiger partial charge on any atom is -0.273 e. The van der Waals surface area contributed by atoms with Gasteiger partial charge in [0.2, 0.25) is 5.91 Å². The lowest BCUT2D eigenvalue weighted by molar-refractivity contribution is -0.121. The Morgan fingerprint density at radius 3 is 2.27 bits per heavy atom. The second-order valence-electron chi connectivity index (χ2n) is 4.43. The van der Waals surface area contributed by atoms with Crippen molar-refractivity contribution in [3.05, 3.63) is 68.1 Å². The Kier molecular flexibility index (Phi) is 5.83. The number of hydrogen-bond donors (Lipinski definition) is 2. The first-order valence-electron chi connectivity index (χ1n) is 6.24. The predicted molar refractivity (Wildman–Crippen MR) is 89.9 cm³/mol. The molecule has 0 aliphatic rings. The summed E-state index contributed by atoms with van der Waals surface area (Å²) in [5.41, 5.74) is 5.84. The molecule has 0 bridgehead atoms. The summed E-state index contributed by atoms with van der Waals surface area (Å²) in [7, 11) is 0. The van der Waals surface area contributed by atoms with Crippen LogP contribution in [0.4, 0.5) is 0 Å². The van der Waals surface area contributed by atoms with Crippen molar-refractivity contribution in [1.82, 2.24) is 10.9 Å². The number of benzene rings is 2. The lowest BCUT2D eigenvalue weighted by atomic mass is 10.1. The highest BCUT2D eigenvalue weighted by Crippen LogP contribution is 2.22. The third-order valence-electron chi connectivity index (χ3n) is 2.77. The van der Waals surface area contributed by atoms with Crippen LogP contribution in [0.5, 0.6) is 0 Å². The van der Waals surface area contributed by atoms with E-state index < -0.39 is 5.91 Å². The summed E-state index contributed by atoms with van der Waals surface area (Å²) in [5, 5.41) is 0.806. The number of rotatable bonds is 3. The molecule has 0 fully saturated rings. The molecule has 4 nitrogen and oxygen atoms in total. The van der Waals surface area contributed by atoms with Crippen LogP contribution in [0.25, 0.3) is 0 Å². The van der Waals surface area contributed by atoms with E-state index in [9.17, 15) is 9.59 Å². The highest BCUT2D eigenvalue weighted by atomic mass is 79.9. The van der Waals surface area contributed by atoms with Gasteiger partial charge in [0, 0.05) is 10.0 Å². The number of carbonyl (C=O) groups is 2. The van der Waals surface area contributed by atoms with Gasteiger partial charge in [0.05, 0.1) is 16.5 Å². The Balaban J connectivity index is 1.88. The van der Waals surface area contributed by atoms with Crippen LogP contribution in [0.2, 0.25) is 10.0 Å². The largest absolute Gasteiger partial charge is 0.273 e. The fourth-order valence-corrected chi connectivity index (χ4v) is 2.26. The maximum absolute atomic E-state index is 11.8. The first-order chi connectivity index (χ1) is 10.5. The maximum atomic E-state index is 11.8. The standard InChI is InChI=1S/C15H11BrCl2N2O2/c16-11-4-2-10(3-5-11)15(22)20-19-14(21)8-9-1-6-12(17)13(18)7-9/h1-7H,8H2,(H,19,21)(H,20,22). The Hall–Kier alpha value is -1.56. The Bertz CT molecular complexity index is 705. The first-order valence-corrected chi connectivity index (χ1v) is 7.79. The zero-order chi connectivity index (χ0) is 16.1. The number of nitrogens with one attached hydrogen (secondary N) is 2. The van der Waals surface area contributed by atoms with Gasteiger partial charge < -0.3 is 0 Å². The normalized spacial score (nSPS) is 10.1. The van der Waals surface area contributed by atoms with E-state index in [2.05, 4.69) is 26.8 Å². The van der Waals surface area contributed by atoms with Crippen molar-refractivity contribution in [1.29, 1.82) is 0 Å². The molecule has 7 heteroatoms. The van der Waals surface area contributed by atoms with E-state index in [1.807, 2.05) is 0 Å². The summed E-state index contributed by atoms with van der Waals surface area (Å²) < 4.78 is 0.868. The second-order valence-corrected chi connectivity index (χ2v) is 6.16. The van der Waals surface area contributed by atoms with Gasteiger partial charge in [0.25, 0.3) is 5.91 Å². The van der Waals surface area contributed by atoms with Gasteiger partial charge in [-0.05, 0) is 42.0 Å². The number of amides is 2. The van der Waals surface area contributed by atoms with E-state index in [-0.39, 0.29) is 12.3 Å². The fraction of sp³-hybridized carbons (Fsp3) is 0.0667. The molecule has 0 atom stereocenters. The van der Waals surface area contributed by atoms with Crippen molar-refractivity contribution in [3.63, 3.8) is 0 Å². The summed E-state index contributed by atoms with van der Waals surface area (Å²) in [6.07, 6.45) is 0.0809. The number of halogens is 3. The van der Waals surface area contributed by atoms with Gasteiger partial charge in [-0.3, -0.25) is 20.4 Å². The highest BCUT2D eigenvalue weighted by Gasteiger charge is 2.09. The fourth-order valence-electron chi connectivity index (χ4n) is 1.68. The average molecular weight is 402 g/mol. The smallest absolute Gasteiger partial charge is 0.269 e. The molecule has 2 aromatic carbocycles. The van der Waals surface area contributed by atoms with Gasteiger partial charge in [-0.1, -0.05) is 45.2 Å². The lowest BCUT2D eigenvalue weighted by Crippen LogP contribution is -2.42. The van der Waals surface area contributed by atoms with Crippen LogP contribution < -0.4 is 10.9 Å². The highest BCUT2D eigenvalue weighted by molar-refractivity contribution is 9.10. The van der Waals surface area contributed by atoms with Crippen LogP contribution in [-0.4, -0.2) is 11.8 Å².